The van der Waals surface area contributed by atoms with Crippen LogP contribution in [-0.4, -0.2) is 31.3 Å². The van der Waals surface area contributed by atoms with Gasteiger partial charge in [0.1, 0.15) is 30.5 Å². The molecule has 1 aromatic carbocycles. The Labute approximate surface area is 176 Å². The van der Waals surface area contributed by atoms with Gasteiger partial charge in [-0.3, -0.25) is 0 Å². The fraction of sp³-hybridized carbons (Fsp3) is 0.727. The lowest BCUT2D eigenvalue weighted by molar-refractivity contribution is -0.149. The van der Waals surface area contributed by atoms with Gasteiger partial charge in [-0.25, -0.2) is 4.39 Å². The standard InChI is InChI=1S/C22H31BBrFO3/c1-22(2)26-14-21(28-22)20(27-19-9-7-16(25)13-18(19)24)10-8-17-15-5-3-11-23(17)12-4-6-15/h7,9,13,15,17,20-21H,3-6,8,10-12,14H2,1-2H3/t17-,20+,21+/m1/s1. The first-order valence-corrected chi connectivity index (χ1v) is 11.6. The van der Waals surface area contributed by atoms with Crippen LogP contribution in [0.2, 0.25) is 18.5 Å². The summed E-state index contributed by atoms with van der Waals surface area (Å²) in [5.74, 6) is 1.53. The summed E-state index contributed by atoms with van der Waals surface area (Å²) in [4.78, 5) is 0. The molecule has 6 heteroatoms. The van der Waals surface area contributed by atoms with Crippen molar-refractivity contribution < 1.29 is 18.6 Å². The van der Waals surface area contributed by atoms with Gasteiger partial charge in [0.15, 0.2) is 5.79 Å². The Morgan fingerprint density at radius 2 is 2.04 bits per heavy atom. The van der Waals surface area contributed by atoms with Crippen LogP contribution in [0.25, 0.3) is 0 Å². The van der Waals surface area contributed by atoms with Crippen LogP contribution in [-0.2, 0) is 9.47 Å². The average Bonchev–Trinajstić information content (AvgIpc) is 2.99. The van der Waals surface area contributed by atoms with E-state index in [0.29, 0.717) is 16.8 Å². The largest absolute Gasteiger partial charge is 0.486 e. The Balaban J connectivity index is 1.46. The summed E-state index contributed by atoms with van der Waals surface area (Å²) < 4.78 is 32.5. The van der Waals surface area contributed by atoms with Crippen molar-refractivity contribution in [3.63, 3.8) is 0 Å². The van der Waals surface area contributed by atoms with Crippen LogP contribution in [0, 0.1) is 11.7 Å². The topological polar surface area (TPSA) is 27.7 Å². The van der Waals surface area contributed by atoms with Gasteiger partial charge in [0.25, 0.3) is 0 Å². The highest BCUT2D eigenvalue weighted by Crippen LogP contribution is 2.47. The lowest BCUT2D eigenvalue weighted by Crippen LogP contribution is -2.39. The molecule has 0 N–H and O–H groups in total. The highest BCUT2D eigenvalue weighted by molar-refractivity contribution is 9.10. The SMILES string of the molecule is CC1(C)OC[C@@H]([C@H](CC[C@H]2B3CCCC2CCC3)Oc2ccc(F)cc2Br)O1. The number of ether oxygens (including phenoxy) is 3. The molecule has 4 rings (SSSR count). The van der Waals surface area contributed by atoms with E-state index < -0.39 is 5.79 Å². The van der Waals surface area contributed by atoms with Crippen LogP contribution < -0.4 is 4.74 Å². The molecule has 0 aromatic heterocycles. The monoisotopic (exact) mass is 452 g/mol. The second-order valence-electron chi connectivity index (χ2n) is 9.22. The van der Waals surface area contributed by atoms with E-state index in [0.717, 1.165) is 24.9 Å². The van der Waals surface area contributed by atoms with Crippen LogP contribution in [0.4, 0.5) is 4.39 Å². The minimum atomic E-state index is -0.576. The number of hydrogen-bond donors (Lipinski definition) is 0. The smallest absolute Gasteiger partial charge is 0.163 e. The van der Waals surface area contributed by atoms with Gasteiger partial charge >= 0.3 is 0 Å². The quantitative estimate of drug-likeness (QED) is 0.471. The molecule has 0 spiro atoms. The Hall–Kier alpha value is -0.585. The fourth-order valence-electron chi connectivity index (χ4n) is 5.60. The third kappa shape index (κ3) is 4.76. The normalized spacial score (nSPS) is 30.3. The molecule has 3 aliphatic heterocycles. The first kappa shape index (κ1) is 20.7. The number of fused-ring (bicyclic) bond motifs is 2. The zero-order chi connectivity index (χ0) is 19.7. The van der Waals surface area contributed by atoms with Gasteiger partial charge in [0.2, 0.25) is 0 Å². The van der Waals surface area contributed by atoms with Crippen LogP contribution in [0.15, 0.2) is 22.7 Å². The molecule has 0 unspecified atom stereocenters. The number of halogens is 2. The van der Waals surface area contributed by atoms with Crippen molar-refractivity contribution in [3.05, 3.63) is 28.5 Å². The lowest BCUT2D eigenvalue weighted by atomic mass is 9.28. The van der Waals surface area contributed by atoms with Crippen molar-refractivity contribution in [1.29, 1.82) is 0 Å². The lowest BCUT2D eigenvalue weighted by Gasteiger charge is -2.41. The minimum absolute atomic E-state index is 0.0915. The molecule has 0 saturated carbocycles. The van der Waals surface area contributed by atoms with E-state index in [9.17, 15) is 4.39 Å². The minimum Gasteiger partial charge on any atom is -0.486 e. The molecule has 0 amide bonds. The maximum atomic E-state index is 13.5. The molecule has 3 saturated heterocycles. The van der Waals surface area contributed by atoms with Crippen molar-refractivity contribution in [1.82, 2.24) is 0 Å². The average molecular weight is 453 g/mol. The van der Waals surface area contributed by atoms with Gasteiger partial charge in [-0.15, -0.1) is 0 Å². The van der Waals surface area contributed by atoms with Crippen LogP contribution in [0.1, 0.15) is 52.4 Å². The van der Waals surface area contributed by atoms with Crippen molar-refractivity contribution in [3.8, 4) is 5.75 Å². The molecule has 3 atom stereocenters. The Morgan fingerprint density at radius 3 is 2.64 bits per heavy atom. The van der Waals surface area contributed by atoms with Gasteiger partial charge in [0.05, 0.1) is 11.1 Å². The molecule has 1 aromatic rings. The molecule has 3 heterocycles. The van der Waals surface area contributed by atoms with E-state index >= 15 is 0 Å². The molecule has 0 aliphatic carbocycles. The third-order valence-electron chi connectivity index (χ3n) is 6.91. The van der Waals surface area contributed by atoms with Crippen LogP contribution in [0.5, 0.6) is 5.75 Å². The van der Waals surface area contributed by atoms with Crippen molar-refractivity contribution in [2.24, 2.45) is 5.92 Å². The molecule has 3 nitrogen and oxygen atoms in total. The summed E-state index contributed by atoms with van der Waals surface area (Å²) in [6, 6.07) is 4.59. The van der Waals surface area contributed by atoms with Crippen molar-refractivity contribution >= 4 is 22.6 Å². The van der Waals surface area contributed by atoms with Gasteiger partial charge in [-0.1, -0.05) is 50.6 Å². The van der Waals surface area contributed by atoms with Crippen molar-refractivity contribution in [2.75, 3.05) is 6.61 Å². The maximum Gasteiger partial charge on any atom is 0.163 e. The molecule has 0 radical (unpaired) electrons. The second kappa shape index (κ2) is 8.65. The summed E-state index contributed by atoms with van der Waals surface area (Å²) in [5.41, 5.74) is 0. The van der Waals surface area contributed by atoms with Gasteiger partial charge in [-0.2, -0.15) is 0 Å². The van der Waals surface area contributed by atoms with Crippen molar-refractivity contribution in [2.45, 2.75) is 88.8 Å². The zero-order valence-electron chi connectivity index (χ0n) is 17.0. The van der Waals surface area contributed by atoms with E-state index in [1.165, 1.54) is 56.9 Å². The summed E-state index contributed by atoms with van der Waals surface area (Å²) in [7, 11) is 0. The van der Waals surface area contributed by atoms with E-state index in [-0.39, 0.29) is 18.0 Å². The van der Waals surface area contributed by atoms with E-state index in [4.69, 9.17) is 14.2 Å². The summed E-state index contributed by atoms with van der Waals surface area (Å²) in [5, 5.41) is 0. The van der Waals surface area contributed by atoms with Gasteiger partial charge in [-0.05, 0) is 60.3 Å². The summed E-state index contributed by atoms with van der Waals surface area (Å²) >= 11 is 3.44. The Bertz CT molecular complexity index is 664. The molecule has 28 heavy (non-hydrogen) atoms. The van der Waals surface area contributed by atoms with Crippen LogP contribution >= 0.6 is 15.9 Å². The summed E-state index contributed by atoms with van der Waals surface area (Å²) in [6.07, 6.45) is 10.3. The van der Waals surface area contributed by atoms with E-state index in [1.54, 1.807) is 6.07 Å². The summed E-state index contributed by atoms with van der Waals surface area (Å²) in [6.45, 7) is 5.32. The Morgan fingerprint density at radius 1 is 1.29 bits per heavy atom. The van der Waals surface area contributed by atoms with Gasteiger partial charge < -0.3 is 14.2 Å². The molecule has 3 aliphatic rings. The maximum absolute atomic E-state index is 13.5. The third-order valence-corrected chi connectivity index (χ3v) is 7.53. The number of hydrogen-bond acceptors (Lipinski definition) is 3. The highest BCUT2D eigenvalue weighted by Gasteiger charge is 2.42. The predicted molar refractivity (Wildman–Crippen MR) is 114 cm³/mol. The molecule has 2 bridgehead atoms. The second-order valence-corrected chi connectivity index (χ2v) is 10.1. The first-order chi connectivity index (χ1) is 13.4. The van der Waals surface area contributed by atoms with Crippen LogP contribution in [0.3, 0.4) is 0 Å². The zero-order valence-corrected chi connectivity index (χ0v) is 18.5. The molecular weight excluding hydrogens is 422 g/mol. The molecular formula is C22H31BBrFO3. The molecule has 3 fully saturated rings. The molecule has 154 valence electrons. The Kier molecular flexibility index (Phi) is 6.39. The number of benzene rings is 1. The fourth-order valence-corrected chi connectivity index (χ4v) is 6.04. The number of rotatable bonds is 6. The first-order valence-electron chi connectivity index (χ1n) is 10.8. The predicted octanol–water partition coefficient (Wildman–Crippen LogP) is 6.34. The van der Waals surface area contributed by atoms with Gasteiger partial charge in [0, 0.05) is 0 Å². The highest BCUT2D eigenvalue weighted by atomic mass is 79.9. The van der Waals surface area contributed by atoms with E-state index in [1.807, 2.05) is 13.8 Å². The van der Waals surface area contributed by atoms with E-state index in [2.05, 4.69) is 15.9 Å².